The molecule has 1 aromatic carbocycles. The number of H-pyrrole nitrogens is 1. The van der Waals surface area contributed by atoms with Gasteiger partial charge in [-0.05, 0) is 61.4 Å². The van der Waals surface area contributed by atoms with Gasteiger partial charge in [0.25, 0.3) is 0 Å². The molecule has 0 aliphatic heterocycles. The number of benzene rings is 1. The molecule has 0 aliphatic carbocycles. The van der Waals surface area contributed by atoms with Crippen LogP contribution in [0.4, 0.5) is 0 Å². The van der Waals surface area contributed by atoms with E-state index in [0.29, 0.717) is 5.92 Å². The number of fused-ring (bicyclic) bond motifs is 1. The van der Waals surface area contributed by atoms with E-state index in [1.807, 2.05) is 12.4 Å². The third-order valence-corrected chi connectivity index (χ3v) is 4.97. The molecular weight excluding hydrogens is 294 g/mol. The first kappa shape index (κ1) is 16.7. The minimum absolute atomic E-state index is 0.550. The summed E-state index contributed by atoms with van der Waals surface area (Å²) in [6, 6.07) is 10.9. The summed E-state index contributed by atoms with van der Waals surface area (Å²) in [6.45, 7) is 5.30. The Labute approximate surface area is 144 Å². The monoisotopic (exact) mass is 321 g/mol. The Hall–Kier alpha value is -2.13. The van der Waals surface area contributed by atoms with Crippen LogP contribution in [-0.2, 0) is 6.42 Å². The van der Waals surface area contributed by atoms with Crippen LogP contribution in [0.1, 0.15) is 50.2 Å². The summed E-state index contributed by atoms with van der Waals surface area (Å²) in [4.78, 5) is 7.89. The van der Waals surface area contributed by atoms with Crippen molar-refractivity contribution in [1.82, 2.24) is 9.97 Å². The lowest BCUT2D eigenvalue weighted by molar-refractivity contribution is 0.738. The van der Waals surface area contributed by atoms with Gasteiger partial charge >= 0.3 is 0 Å². The number of hydrogen-bond donors (Lipinski definition) is 2. The zero-order valence-electron chi connectivity index (χ0n) is 14.7. The largest absolute Gasteiger partial charge is 0.354 e. The highest BCUT2D eigenvalue weighted by molar-refractivity contribution is 5.93. The molecule has 0 spiro atoms. The molecule has 1 atom stereocenters. The predicted molar refractivity (Wildman–Crippen MR) is 102 cm³/mol. The second-order valence-electron chi connectivity index (χ2n) is 6.54. The van der Waals surface area contributed by atoms with Crippen LogP contribution in [0, 0.1) is 0 Å². The lowest BCUT2D eigenvalue weighted by atomic mass is 9.94. The normalized spacial score (nSPS) is 12.6. The Bertz CT molecular complexity index is 789. The molecule has 1 unspecified atom stereocenters. The van der Waals surface area contributed by atoms with Crippen LogP contribution < -0.4 is 5.73 Å². The maximum atomic E-state index is 5.70. The fourth-order valence-corrected chi connectivity index (χ4v) is 3.40. The maximum Gasteiger partial charge on any atom is 0.0498 e. The van der Waals surface area contributed by atoms with Gasteiger partial charge < -0.3 is 10.7 Å². The van der Waals surface area contributed by atoms with Crippen molar-refractivity contribution in [3.05, 3.63) is 53.9 Å². The molecule has 0 amide bonds. The van der Waals surface area contributed by atoms with Gasteiger partial charge in [0.05, 0.1) is 0 Å². The standard InChI is InChI=1S/C21H27N3/c1-3-15(2)17-8-6-9-19-18(7-4-5-12-22)20(24-21(17)19)16-10-13-23-14-11-16/h6,8-11,13-15,24H,3-5,7,12,22H2,1-2H3. The van der Waals surface area contributed by atoms with Crippen LogP contribution in [0.3, 0.4) is 0 Å². The topological polar surface area (TPSA) is 54.7 Å². The number of hydrogen-bond acceptors (Lipinski definition) is 2. The number of nitrogens with one attached hydrogen (secondary N) is 1. The summed E-state index contributed by atoms with van der Waals surface area (Å²) in [5, 5.41) is 1.36. The molecule has 0 radical (unpaired) electrons. The molecule has 0 aliphatic rings. The molecule has 3 N–H and O–H groups in total. The second kappa shape index (κ2) is 7.63. The summed E-state index contributed by atoms with van der Waals surface area (Å²) in [5.74, 6) is 0.550. The Morgan fingerprint density at radius 2 is 1.92 bits per heavy atom. The number of aromatic nitrogens is 2. The Morgan fingerprint density at radius 1 is 1.12 bits per heavy atom. The number of rotatable bonds is 7. The van der Waals surface area contributed by atoms with Crippen LogP contribution in [0.25, 0.3) is 22.2 Å². The average molecular weight is 321 g/mol. The van der Waals surface area contributed by atoms with E-state index in [2.05, 4.69) is 54.1 Å². The SMILES string of the molecule is CCC(C)c1cccc2c(CCCCN)c(-c3ccncc3)[nH]c12. The molecule has 3 aromatic rings. The fraction of sp³-hybridized carbons (Fsp3) is 0.381. The van der Waals surface area contributed by atoms with Crippen molar-refractivity contribution < 1.29 is 0 Å². The van der Waals surface area contributed by atoms with Gasteiger partial charge in [0.1, 0.15) is 0 Å². The Morgan fingerprint density at radius 3 is 2.62 bits per heavy atom. The number of nitrogens with zero attached hydrogens (tertiary/aromatic N) is 1. The van der Waals surface area contributed by atoms with Crippen molar-refractivity contribution in [3.63, 3.8) is 0 Å². The van der Waals surface area contributed by atoms with Gasteiger partial charge in [0.2, 0.25) is 0 Å². The van der Waals surface area contributed by atoms with Crippen LogP contribution in [0.2, 0.25) is 0 Å². The first-order valence-corrected chi connectivity index (χ1v) is 9.00. The van der Waals surface area contributed by atoms with E-state index < -0.39 is 0 Å². The number of aromatic amines is 1. The minimum Gasteiger partial charge on any atom is -0.354 e. The van der Waals surface area contributed by atoms with Gasteiger partial charge in [-0.15, -0.1) is 0 Å². The quantitative estimate of drug-likeness (QED) is 0.600. The van der Waals surface area contributed by atoms with Gasteiger partial charge in [-0.25, -0.2) is 0 Å². The Kier molecular flexibility index (Phi) is 5.31. The first-order chi connectivity index (χ1) is 11.8. The van der Waals surface area contributed by atoms with Crippen LogP contribution in [0.15, 0.2) is 42.7 Å². The molecule has 2 heterocycles. The van der Waals surface area contributed by atoms with Crippen molar-refractivity contribution in [2.24, 2.45) is 5.73 Å². The number of aryl methyl sites for hydroxylation is 1. The highest BCUT2D eigenvalue weighted by Gasteiger charge is 2.16. The van der Waals surface area contributed by atoms with Crippen LogP contribution >= 0.6 is 0 Å². The molecule has 24 heavy (non-hydrogen) atoms. The molecule has 3 nitrogen and oxygen atoms in total. The van der Waals surface area contributed by atoms with Crippen LogP contribution in [0.5, 0.6) is 0 Å². The van der Waals surface area contributed by atoms with Gasteiger partial charge in [-0.3, -0.25) is 4.98 Å². The van der Waals surface area contributed by atoms with Crippen LogP contribution in [-0.4, -0.2) is 16.5 Å². The molecule has 2 aromatic heterocycles. The van der Waals surface area contributed by atoms with E-state index in [4.69, 9.17) is 5.73 Å². The molecule has 0 saturated carbocycles. The second-order valence-corrected chi connectivity index (χ2v) is 6.54. The van der Waals surface area contributed by atoms with E-state index in [1.165, 1.54) is 33.3 Å². The van der Waals surface area contributed by atoms with E-state index in [1.54, 1.807) is 0 Å². The van der Waals surface area contributed by atoms with E-state index in [9.17, 15) is 0 Å². The molecule has 0 fully saturated rings. The number of para-hydroxylation sites is 1. The van der Waals surface area contributed by atoms with Crippen molar-refractivity contribution in [2.45, 2.75) is 45.4 Å². The van der Waals surface area contributed by atoms with Crippen molar-refractivity contribution in [1.29, 1.82) is 0 Å². The summed E-state index contributed by atoms with van der Waals surface area (Å²) in [7, 11) is 0. The van der Waals surface area contributed by atoms with E-state index in [-0.39, 0.29) is 0 Å². The number of nitrogens with two attached hydrogens (primary N) is 1. The zero-order chi connectivity index (χ0) is 16.9. The predicted octanol–water partition coefficient (Wildman–Crippen LogP) is 5.02. The highest BCUT2D eigenvalue weighted by atomic mass is 14.7. The molecule has 3 rings (SSSR count). The van der Waals surface area contributed by atoms with Gasteiger partial charge in [0.15, 0.2) is 0 Å². The molecule has 126 valence electrons. The first-order valence-electron chi connectivity index (χ1n) is 9.00. The van der Waals surface area contributed by atoms with Crippen molar-refractivity contribution >= 4 is 10.9 Å². The summed E-state index contributed by atoms with van der Waals surface area (Å²) >= 11 is 0. The molecule has 0 bridgehead atoms. The average Bonchev–Trinajstić information content (AvgIpc) is 3.01. The third kappa shape index (κ3) is 3.22. The summed E-state index contributed by atoms with van der Waals surface area (Å²) in [6.07, 6.45) is 8.10. The van der Waals surface area contributed by atoms with Gasteiger partial charge in [0, 0.05) is 34.6 Å². The third-order valence-electron chi connectivity index (χ3n) is 4.97. The highest BCUT2D eigenvalue weighted by Crippen LogP contribution is 2.35. The van der Waals surface area contributed by atoms with E-state index in [0.717, 1.165) is 32.2 Å². The summed E-state index contributed by atoms with van der Waals surface area (Å²) < 4.78 is 0. The molecular formula is C21H27N3. The van der Waals surface area contributed by atoms with Crippen molar-refractivity contribution in [3.8, 4) is 11.3 Å². The number of unbranched alkanes of at least 4 members (excludes halogenated alkanes) is 1. The lowest BCUT2D eigenvalue weighted by Gasteiger charge is -2.10. The maximum absolute atomic E-state index is 5.70. The summed E-state index contributed by atoms with van der Waals surface area (Å²) in [5.41, 5.74) is 12.3. The zero-order valence-corrected chi connectivity index (χ0v) is 14.7. The fourth-order valence-electron chi connectivity index (χ4n) is 3.40. The van der Waals surface area contributed by atoms with E-state index >= 15 is 0 Å². The lowest BCUT2D eigenvalue weighted by Crippen LogP contribution is -1.99. The van der Waals surface area contributed by atoms with Gasteiger partial charge in [-0.2, -0.15) is 0 Å². The van der Waals surface area contributed by atoms with Crippen molar-refractivity contribution in [2.75, 3.05) is 6.54 Å². The smallest absolute Gasteiger partial charge is 0.0498 e. The van der Waals surface area contributed by atoms with Gasteiger partial charge in [-0.1, -0.05) is 32.0 Å². The molecule has 3 heteroatoms. The molecule has 0 saturated heterocycles. The minimum atomic E-state index is 0.550. The number of pyridine rings is 1. The Balaban J connectivity index is 2.16.